The van der Waals surface area contributed by atoms with Gasteiger partial charge in [-0.25, -0.2) is 8.78 Å². The molecule has 1 atom stereocenters. The van der Waals surface area contributed by atoms with Crippen molar-refractivity contribution in [3.05, 3.63) is 35.4 Å². The SMILES string of the molecule is CCCC1CCC(C#N)(C(O)c2c(F)cccc2F)CC1. The van der Waals surface area contributed by atoms with Gasteiger partial charge in [-0.15, -0.1) is 0 Å². The molecule has 1 aromatic carbocycles. The lowest BCUT2D eigenvalue weighted by molar-refractivity contribution is 0.0188. The molecule has 0 radical (unpaired) electrons. The van der Waals surface area contributed by atoms with Gasteiger partial charge in [-0.3, -0.25) is 0 Å². The molecule has 0 amide bonds. The summed E-state index contributed by atoms with van der Waals surface area (Å²) in [7, 11) is 0. The Morgan fingerprint density at radius 1 is 1.33 bits per heavy atom. The molecule has 21 heavy (non-hydrogen) atoms. The molecule has 0 saturated heterocycles. The summed E-state index contributed by atoms with van der Waals surface area (Å²) in [5.74, 6) is -1.02. The first-order valence-electron chi connectivity index (χ1n) is 7.57. The van der Waals surface area contributed by atoms with Crippen LogP contribution < -0.4 is 0 Å². The van der Waals surface area contributed by atoms with Crippen LogP contribution in [0.4, 0.5) is 8.78 Å². The highest BCUT2D eigenvalue weighted by molar-refractivity contribution is 5.26. The van der Waals surface area contributed by atoms with Gasteiger partial charge in [0.05, 0.1) is 17.0 Å². The Balaban J connectivity index is 2.24. The number of nitriles is 1. The van der Waals surface area contributed by atoms with Crippen LogP contribution >= 0.6 is 0 Å². The Hall–Kier alpha value is -1.47. The van der Waals surface area contributed by atoms with Crippen LogP contribution in [-0.2, 0) is 0 Å². The predicted octanol–water partition coefficient (Wildman–Crippen LogP) is 4.50. The van der Waals surface area contributed by atoms with E-state index < -0.39 is 23.2 Å². The molecule has 1 saturated carbocycles. The van der Waals surface area contributed by atoms with Gasteiger partial charge in [-0.05, 0) is 43.7 Å². The smallest absolute Gasteiger partial charge is 0.132 e. The maximum atomic E-state index is 13.9. The molecule has 1 aliphatic carbocycles. The summed E-state index contributed by atoms with van der Waals surface area (Å²) in [6.45, 7) is 2.12. The fraction of sp³-hybridized carbons (Fsp3) is 0.588. The molecule has 1 aliphatic rings. The van der Waals surface area contributed by atoms with Gasteiger partial charge in [-0.2, -0.15) is 5.26 Å². The maximum absolute atomic E-state index is 13.9. The van der Waals surface area contributed by atoms with Crippen molar-refractivity contribution < 1.29 is 13.9 Å². The van der Waals surface area contributed by atoms with Gasteiger partial charge in [-0.1, -0.05) is 25.8 Å². The third kappa shape index (κ3) is 3.08. The van der Waals surface area contributed by atoms with Gasteiger partial charge in [0.2, 0.25) is 0 Å². The number of hydrogen-bond acceptors (Lipinski definition) is 2. The van der Waals surface area contributed by atoms with Crippen molar-refractivity contribution >= 4 is 0 Å². The second-order valence-electron chi connectivity index (χ2n) is 6.04. The normalized spacial score (nSPS) is 27.1. The minimum atomic E-state index is -1.41. The van der Waals surface area contributed by atoms with E-state index in [1.807, 2.05) is 0 Å². The van der Waals surface area contributed by atoms with E-state index in [9.17, 15) is 19.1 Å². The van der Waals surface area contributed by atoms with Gasteiger partial charge in [0.15, 0.2) is 0 Å². The van der Waals surface area contributed by atoms with Gasteiger partial charge in [0.25, 0.3) is 0 Å². The minimum absolute atomic E-state index is 0.368. The molecule has 0 aromatic heterocycles. The van der Waals surface area contributed by atoms with Crippen LogP contribution in [0.25, 0.3) is 0 Å². The summed E-state index contributed by atoms with van der Waals surface area (Å²) < 4.78 is 27.7. The molecule has 4 heteroatoms. The summed E-state index contributed by atoms with van der Waals surface area (Å²) in [5.41, 5.74) is -1.44. The molecule has 0 spiro atoms. The minimum Gasteiger partial charge on any atom is -0.387 e. The predicted molar refractivity (Wildman–Crippen MR) is 76.2 cm³/mol. The van der Waals surface area contributed by atoms with Crippen LogP contribution in [0.1, 0.15) is 57.1 Å². The lowest BCUT2D eigenvalue weighted by Gasteiger charge is -2.38. The molecular weight excluding hydrogens is 272 g/mol. The monoisotopic (exact) mass is 293 g/mol. The summed E-state index contributed by atoms with van der Waals surface area (Å²) in [6.07, 6.45) is 3.42. The number of aliphatic hydroxyl groups excluding tert-OH is 1. The molecule has 0 heterocycles. The number of nitrogens with zero attached hydrogens (tertiary/aromatic N) is 1. The van der Waals surface area contributed by atoms with Crippen molar-refractivity contribution in [1.82, 2.24) is 0 Å². The second kappa shape index (κ2) is 6.53. The van der Waals surface area contributed by atoms with Crippen molar-refractivity contribution in [2.75, 3.05) is 0 Å². The lowest BCUT2D eigenvalue weighted by atomic mass is 9.66. The van der Waals surface area contributed by atoms with E-state index in [-0.39, 0.29) is 5.56 Å². The first-order chi connectivity index (χ1) is 10.0. The van der Waals surface area contributed by atoms with Gasteiger partial charge in [0, 0.05) is 0 Å². The molecule has 2 rings (SSSR count). The third-order valence-electron chi connectivity index (χ3n) is 4.71. The number of hydrogen-bond donors (Lipinski definition) is 1. The quantitative estimate of drug-likeness (QED) is 0.888. The Morgan fingerprint density at radius 2 is 1.90 bits per heavy atom. The number of benzene rings is 1. The van der Waals surface area contributed by atoms with Crippen molar-refractivity contribution in [3.63, 3.8) is 0 Å². The molecule has 1 N–H and O–H groups in total. The third-order valence-corrected chi connectivity index (χ3v) is 4.71. The Kier molecular flexibility index (Phi) is 4.95. The first-order valence-corrected chi connectivity index (χ1v) is 7.57. The topological polar surface area (TPSA) is 44.0 Å². The van der Waals surface area contributed by atoms with Crippen molar-refractivity contribution in [2.45, 2.75) is 51.6 Å². The molecular formula is C17H21F2NO. The average Bonchev–Trinajstić information content (AvgIpc) is 2.48. The van der Waals surface area contributed by atoms with Crippen molar-refractivity contribution in [1.29, 1.82) is 5.26 Å². The van der Waals surface area contributed by atoms with Crippen LogP contribution in [0.15, 0.2) is 18.2 Å². The zero-order valence-electron chi connectivity index (χ0n) is 12.3. The van der Waals surface area contributed by atoms with E-state index in [2.05, 4.69) is 13.0 Å². The average molecular weight is 293 g/mol. The van der Waals surface area contributed by atoms with Crippen molar-refractivity contribution in [2.24, 2.45) is 11.3 Å². The highest BCUT2D eigenvalue weighted by Gasteiger charge is 2.44. The van der Waals surface area contributed by atoms with Crippen LogP contribution in [0.3, 0.4) is 0 Å². The molecule has 1 fully saturated rings. The van der Waals surface area contributed by atoms with E-state index in [0.717, 1.165) is 37.8 Å². The van der Waals surface area contributed by atoms with E-state index in [1.54, 1.807) is 0 Å². The second-order valence-corrected chi connectivity index (χ2v) is 6.04. The fourth-order valence-electron chi connectivity index (χ4n) is 3.38. The molecule has 2 nitrogen and oxygen atoms in total. The Morgan fingerprint density at radius 3 is 2.38 bits per heavy atom. The maximum Gasteiger partial charge on any atom is 0.132 e. The van der Waals surface area contributed by atoms with Crippen LogP contribution in [-0.4, -0.2) is 5.11 Å². The number of halogens is 2. The Bertz CT molecular complexity index is 510. The standard InChI is InChI=1S/C17H21F2NO/c1-2-4-12-7-9-17(11-20,10-8-12)16(21)15-13(18)5-3-6-14(15)19/h3,5-6,12,16,21H,2,4,7-10H2,1H3. The van der Waals surface area contributed by atoms with E-state index in [1.165, 1.54) is 6.07 Å². The highest BCUT2D eigenvalue weighted by Crippen LogP contribution is 2.48. The number of aliphatic hydroxyl groups is 1. The van der Waals surface area contributed by atoms with Gasteiger partial charge >= 0.3 is 0 Å². The largest absolute Gasteiger partial charge is 0.387 e. The van der Waals surface area contributed by atoms with E-state index >= 15 is 0 Å². The molecule has 0 aliphatic heterocycles. The zero-order valence-corrected chi connectivity index (χ0v) is 12.3. The fourth-order valence-corrected chi connectivity index (χ4v) is 3.38. The van der Waals surface area contributed by atoms with Crippen LogP contribution in [0.5, 0.6) is 0 Å². The summed E-state index contributed by atoms with van der Waals surface area (Å²) >= 11 is 0. The summed E-state index contributed by atoms with van der Waals surface area (Å²) in [4.78, 5) is 0. The van der Waals surface area contributed by atoms with Gasteiger partial charge in [0.1, 0.15) is 17.7 Å². The van der Waals surface area contributed by atoms with E-state index in [0.29, 0.717) is 18.8 Å². The number of rotatable bonds is 4. The molecule has 114 valence electrons. The van der Waals surface area contributed by atoms with E-state index in [4.69, 9.17) is 0 Å². The van der Waals surface area contributed by atoms with Crippen molar-refractivity contribution in [3.8, 4) is 6.07 Å². The van der Waals surface area contributed by atoms with Crippen LogP contribution in [0.2, 0.25) is 0 Å². The molecule has 1 aromatic rings. The van der Waals surface area contributed by atoms with Gasteiger partial charge < -0.3 is 5.11 Å². The first kappa shape index (κ1) is 15.9. The zero-order chi connectivity index (χ0) is 15.5. The Labute approximate surface area is 124 Å². The molecule has 0 bridgehead atoms. The lowest BCUT2D eigenvalue weighted by Crippen LogP contribution is -2.33. The summed E-state index contributed by atoms with van der Waals surface area (Å²) in [6, 6.07) is 5.65. The van der Waals surface area contributed by atoms with Crippen LogP contribution in [0, 0.1) is 34.3 Å². The molecule has 1 unspecified atom stereocenters. The summed E-state index contributed by atoms with van der Waals surface area (Å²) in [5, 5.41) is 20.0. The highest BCUT2D eigenvalue weighted by atomic mass is 19.1.